The molecule has 1 rings (SSSR count). The highest BCUT2D eigenvalue weighted by atomic mass is 19.1. The van der Waals surface area contributed by atoms with Gasteiger partial charge in [-0.15, -0.1) is 0 Å². The summed E-state index contributed by atoms with van der Waals surface area (Å²) in [7, 11) is 3.12. The molecule has 0 bridgehead atoms. The van der Waals surface area contributed by atoms with Crippen molar-refractivity contribution < 1.29 is 23.8 Å². The van der Waals surface area contributed by atoms with Gasteiger partial charge < -0.3 is 19.5 Å². The van der Waals surface area contributed by atoms with E-state index in [0.29, 0.717) is 25.4 Å². The van der Waals surface area contributed by atoms with Gasteiger partial charge in [0.15, 0.2) is 0 Å². The Morgan fingerprint density at radius 2 is 2.10 bits per heavy atom. The third kappa shape index (κ3) is 3.91. The van der Waals surface area contributed by atoms with Gasteiger partial charge in [0, 0.05) is 26.8 Å². The number of ether oxygens (including phenoxy) is 2. The molecule has 0 saturated carbocycles. The van der Waals surface area contributed by atoms with Crippen molar-refractivity contribution in [3.63, 3.8) is 0 Å². The number of hydrogen-bond acceptors (Lipinski definition) is 4. The van der Waals surface area contributed by atoms with E-state index in [1.54, 1.807) is 25.2 Å². The lowest BCUT2D eigenvalue weighted by Gasteiger charge is -2.31. The van der Waals surface area contributed by atoms with Gasteiger partial charge >= 0.3 is 5.97 Å². The van der Waals surface area contributed by atoms with E-state index in [2.05, 4.69) is 0 Å². The Labute approximate surface area is 117 Å². The van der Waals surface area contributed by atoms with E-state index in [-0.39, 0.29) is 11.6 Å². The van der Waals surface area contributed by atoms with Crippen LogP contribution in [0.5, 0.6) is 0 Å². The SMILES string of the molecule is COCCN(c1cccc(F)c1C(=O)O)C(C)COC. The maximum Gasteiger partial charge on any atom is 0.340 e. The zero-order valence-electron chi connectivity index (χ0n) is 11.9. The van der Waals surface area contributed by atoms with Gasteiger partial charge in [0.05, 0.1) is 18.9 Å². The number of carboxylic acid groups (broad SMARTS) is 1. The molecule has 0 fully saturated rings. The summed E-state index contributed by atoms with van der Waals surface area (Å²) in [6.45, 7) is 3.14. The molecule has 0 saturated heterocycles. The van der Waals surface area contributed by atoms with Crippen LogP contribution in [0.15, 0.2) is 18.2 Å². The predicted octanol–water partition coefficient (Wildman–Crippen LogP) is 2.01. The number of rotatable bonds is 8. The molecule has 6 heteroatoms. The minimum absolute atomic E-state index is 0.102. The smallest absolute Gasteiger partial charge is 0.340 e. The summed E-state index contributed by atoms with van der Waals surface area (Å²) in [4.78, 5) is 13.0. The van der Waals surface area contributed by atoms with Crippen molar-refractivity contribution in [3.05, 3.63) is 29.6 Å². The maximum absolute atomic E-state index is 13.8. The van der Waals surface area contributed by atoms with Crippen LogP contribution in [-0.2, 0) is 9.47 Å². The molecule has 1 aromatic rings. The Morgan fingerprint density at radius 1 is 1.40 bits per heavy atom. The molecule has 1 N–H and O–H groups in total. The summed E-state index contributed by atoms with van der Waals surface area (Å²) in [6.07, 6.45) is 0. The van der Waals surface area contributed by atoms with Crippen LogP contribution in [0.2, 0.25) is 0 Å². The standard InChI is InChI=1S/C14H20FNO4/c1-10(9-20-3)16(7-8-19-2)12-6-4-5-11(15)13(12)14(17)18/h4-6,10H,7-9H2,1-3H3,(H,17,18). The summed E-state index contributed by atoms with van der Waals surface area (Å²) in [6, 6.07) is 4.13. The highest BCUT2D eigenvalue weighted by molar-refractivity contribution is 5.94. The first-order chi connectivity index (χ1) is 9.52. The largest absolute Gasteiger partial charge is 0.478 e. The van der Waals surface area contributed by atoms with Crippen LogP contribution in [0.25, 0.3) is 0 Å². The summed E-state index contributed by atoms with van der Waals surface area (Å²) >= 11 is 0. The Balaban J connectivity index is 3.18. The topological polar surface area (TPSA) is 59.0 Å². The molecule has 5 nitrogen and oxygen atoms in total. The molecule has 20 heavy (non-hydrogen) atoms. The zero-order valence-corrected chi connectivity index (χ0v) is 11.9. The van der Waals surface area contributed by atoms with E-state index in [4.69, 9.17) is 9.47 Å². The number of anilines is 1. The number of halogens is 1. The lowest BCUT2D eigenvalue weighted by molar-refractivity contribution is 0.0692. The van der Waals surface area contributed by atoms with Gasteiger partial charge in [-0.1, -0.05) is 6.07 Å². The normalized spacial score (nSPS) is 12.2. The lowest BCUT2D eigenvalue weighted by atomic mass is 10.1. The molecule has 0 aliphatic heterocycles. The Bertz CT molecular complexity index is 453. The first-order valence-electron chi connectivity index (χ1n) is 6.29. The molecule has 0 amide bonds. The molecule has 1 aromatic carbocycles. The first kappa shape index (κ1) is 16.4. The van der Waals surface area contributed by atoms with Crippen LogP contribution in [0.3, 0.4) is 0 Å². The second-order valence-electron chi connectivity index (χ2n) is 4.43. The van der Waals surface area contributed by atoms with Gasteiger partial charge in [0.2, 0.25) is 0 Å². The van der Waals surface area contributed by atoms with Crippen molar-refractivity contribution in [1.29, 1.82) is 0 Å². The minimum Gasteiger partial charge on any atom is -0.478 e. The van der Waals surface area contributed by atoms with E-state index in [1.165, 1.54) is 6.07 Å². The second-order valence-corrected chi connectivity index (χ2v) is 4.43. The van der Waals surface area contributed by atoms with Crippen molar-refractivity contribution in [2.45, 2.75) is 13.0 Å². The van der Waals surface area contributed by atoms with Crippen molar-refractivity contribution in [1.82, 2.24) is 0 Å². The third-order valence-electron chi connectivity index (χ3n) is 2.99. The number of carbonyl (C=O) groups is 1. The number of methoxy groups -OCH3 is 2. The fourth-order valence-electron chi connectivity index (χ4n) is 2.06. The molecule has 0 radical (unpaired) electrons. The summed E-state index contributed by atoms with van der Waals surface area (Å²) in [5.41, 5.74) is 0.00524. The van der Waals surface area contributed by atoms with Gasteiger partial charge in [-0.3, -0.25) is 0 Å². The number of hydrogen-bond donors (Lipinski definition) is 1. The predicted molar refractivity (Wildman–Crippen MR) is 73.9 cm³/mol. The van der Waals surface area contributed by atoms with E-state index >= 15 is 0 Å². The van der Waals surface area contributed by atoms with E-state index in [1.807, 2.05) is 6.92 Å². The van der Waals surface area contributed by atoms with Gasteiger partial charge in [-0.25, -0.2) is 9.18 Å². The van der Waals surface area contributed by atoms with Crippen LogP contribution in [0, 0.1) is 5.82 Å². The van der Waals surface area contributed by atoms with Gasteiger partial charge in [0.25, 0.3) is 0 Å². The average molecular weight is 285 g/mol. The fraction of sp³-hybridized carbons (Fsp3) is 0.500. The van der Waals surface area contributed by atoms with Crippen LogP contribution in [0.1, 0.15) is 17.3 Å². The highest BCUT2D eigenvalue weighted by Gasteiger charge is 2.23. The number of aromatic carboxylic acids is 1. The number of nitrogens with zero attached hydrogens (tertiary/aromatic N) is 1. The highest BCUT2D eigenvalue weighted by Crippen LogP contribution is 2.25. The quantitative estimate of drug-likeness (QED) is 0.791. The van der Waals surface area contributed by atoms with Gasteiger partial charge in [-0.05, 0) is 19.1 Å². The molecular formula is C14H20FNO4. The molecule has 0 aliphatic rings. The Morgan fingerprint density at radius 3 is 2.65 bits per heavy atom. The Kier molecular flexibility index (Phi) is 6.41. The van der Waals surface area contributed by atoms with Crippen molar-refractivity contribution in [2.75, 3.05) is 38.9 Å². The minimum atomic E-state index is -1.29. The van der Waals surface area contributed by atoms with Crippen molar-refractivity contribution in [3.8, 4) is 0 Å². The third-order valence-corrected chi connectivity index (χ3v) is 2.99. The second kappa shape index (κ2) is 7.81. The van der Waals surface area contributed by atoms with Gasteiger partial charge in [0.1, 0.15) is 11.4 Å². The molecule has 1 atom stereocenters. The molecule has 0 aliphatic carbocycles. The molecule has 0 aromatic heterocycles. The van der Waals surface area contributed by atoms with Crippen LogP contribution < -0.4 is 4.90 Å². The lowest BCUT2D eigenvalue weighted by Crippen LogP contribution is -2.39. The summed E-state index contributed by atoms with van der Waals surface area (Å²) < 4.78 is 23.9. The maximum atomic E-state index is 13.8. The molecule has 0 spiro atoms. The van der Waals surface area contributed by atoms with Crippen LogP contribution >= 0.6 is 0 Å². The van der Waals surface area contributed by atoms with E-state index in [0.717, 1.165) is 6.07 Å². The molecule has 0 heterocycles. The Hall–Kier alpha value is -1.66. The average Bonchev–Trinajstić information content (AvgIpc) is 2.39. The van der Waals surface area contributed by atoms with Crippen LogP contribution in [-0.4, -0.2) is 51.1 Å². The fourth-order valence-corrected chi connectivity index (χ4v) is 2.06. The van der Waals surface area contributed by atoms with Crippen LogP contribution in [0.4, 0.5) is 10.1 Å². The number of benzene rings is 1. The molecule has 112 valence electrons. The summed E-state index contributed by atoms with van der Waals surface area (Å²) in [5, 5.41) is 9.20. The molecule has 1 unspecified atom stereocenters. The van der Waals surface area contributed by atoms with Crippen molar-refractivity contribution >= 4 is 11.7 Å². The monoisotopic (exact) mass is 285 g/mol. The molecular weight excluding hydrogens is 265 g/mol. The first-order valence-corrected chi connectivity index (χ1v) is 6.29. The summed E-state index contributed by atoms with van der Waals surface area (Å²) in [5.74, 6) is -2.04. The van der Waals surface area contributed by atoms with Gasteiger partial charge in [-0.2, -0.15) is 0 Å². The van der Waals surface area contributed by atoms with E-state index in [9.17, 15) is 14.3 Å². The van der Waals surface area contributed by atoms with E-state index < -0.39 is 11.8 Å². The zero-order chi connectivity index (χ0) is 15.1. The van der Waals surface area contributed by atoms with Crippen molar-refractivity contribution in [2.24, 2.45) is 0 Å². The number of carboxylic acids is 1.